The van der Waals surface area contributed by atoms with Gasteiger partial charge in [-0.3, -0.25) is 9.59 Å². The number of thiophene rings is 1. The van der Waals surface area contributed by atoms with Crippen molar-refractivity contribution in [3.8, 4) is 0 Å². The first-order chi connectivity index (χ1) is 10.0. The first-order valence-electron chi connectivity index (χ1n) is 6.65. The summed E-state index contributed by atoms with van der Waals surface area (Å²) in [6.07, 6.45) is 0. The van der Waals surface area contributed by atoms with Gasteiger partial charge in [-0.2, -0.15) is 0 Å². The second-order valence-electron chi connectivity index (χ2n) is 4.72. The zero-order chi connectivity index (χ0) is 15.4. The molecular weight excluding hydrogens is 306 g/mol. The number of rotatable bonds is 5. The van der Waals surface area contributed by atoms with Crippen LogP contribution in [0.5, 0.6) is 0 Å². The maximum atomic E-state index is 12.3. The number of Topliss-reactive ketones (excluding diaryl/α,β-unsaturated/α-hetero) is 1. The Hall–Kier alpha value is -1.65. The minimum atomic E-state index is -0.481. The second kappa shape index (κ2) is 6.87. The molecule has 1 aromatic heterocycles. The molecule has 0 saturated carbocycles. The molecule has 3 nitrogen and oxygen atoms in total. The molecule has 0 aliphatic rings. The van der Waals surface area contributed by atoms with E-state index in [-0.39, 0.29) is 0 Å². The van der Waals surface area contributed by atoms with Crippen LogP contribution in [0.1, 0.15) is 27.7 Å². The van der Waals surface area contributed by atoms with Gasteiger partial charge in [-0.05, 0) is 26.0 Å². The van der Waals surface area contributed by atoms with Gasteiger partial charge in [0.05, 0.1) is 10.9 Å². The Morgan fingerprint density at radius 3 is 2.33 bits per heavy atom. The highest BCUT2D eigenvalue weighted by Crippen LogP contribution is 2.23. The highest BCUT2D eigenvalue weighted by atomic mass is 35.5. The molecule has 1 aromatic carbocycles. The molecule has 110 valence electrons. The maximum absolute atomic E-state index is 12.3. The number of halogens is 1. The SMILES string of the molecule is CCN(Cc1ccc(Cl)s1)C(=O)C(=O)c1ccc(C)cc1. The van der Waals surface area contributed by atoms with Crippen molar-refractivity contribution in [2.45, 2.75) is 20.4 Å². The van der Waals surface area contributed by atoms with Crippen LogP contribution in [0.25, 0.3) is 0 Å². The van der Waals surface area contributed by atoms with Crippen molar-refractivity contribution in [1.82, 2.24) is 4.90 Å². The number of nitrogens with zero attached hydrogens (tertiary/aromatic N) is 1. The van der Waals surface area contributed by atoms with Crippen molar-refractivity contribution in [1.29, 1.82) is 0 Å². The van der Waals surface area contributed by atoms with Crippen LogP contribution in [-0.4, -0.2) is 23.1 Å². The van der Waals surface area contributed by atoms with Crippen LogP contribution in [0.2, 0.25) is 4.34 Å². The first-order valence-corrected chi connectivity index (χ1v) is 7.85. The first kappa shape index (κ1) is 15.7. The predicted octanol–water partition coefficient (Wildman–Crippen LogP) is 3.94. The third kappa shape index (κ3) is 3.93. The number of hydrogen-bond donors (Lipinski definition) is 0. The van der Waals surface area contributed by atoms with Crippen LogP contribution < -0.4 is 0 Å². The predicted molar refractivity (Wildman–Crippen MR) is 85.9 cm³/mol. The number of benzene rings is 1. The average Bonchev–Trinajstić information content (AvgIpc) is 2.89. The summed E-state index contributed by atoms with van der Waals surface area (Å²) in [5.41, 5.74) is 1.48. The quantitative estimate of drug-likeness (QED) is 0.618. The third-order valence-corrected chi connectivity index (χ3v) is 4.37. The van der Waals surface area contributed by atoms with Crippen LogP contribution in [0.15, 0.2) is 36.4 Å². The second-order valence-corrected chi connectivity index (χ2v) is 6.52. The van der Waals surface area contributed by atoms with E-state index in [1.807, 2.05) is 32.0 Å². The number of ketones is 1. The molecule has 0 atom stereocenters. The Morgan fingerprint density at radius 2 is 1.81 bits per heavy atom. The summed E-state index contributed by atoms with van der Waals surface area (Å²) in [6, 6.07) is 10.7. The highest BCUT2D eigenvalue weighted by molar-refractivity contribution is 7.16. The Balaban J connectivity index is 2.12. The van der Waals surface area contributed by atoms with Gasteiger partial charge in [0, 0.05) is 17.0 Å². The minimum absolute atomic E-state index is 0.407. The van der Waals surface area contributed by atoms with Crippen LogP contribution in [0.3, 0.4) is 0 Å². The third-order valence-electron chi connectivity index (χ3n) is 3.15. The normalized spacial score (nSPS) is 10.4. The number of aryl methyl sites for hydroxylation is 1. The number of amides is 1. The molecule has 21 heavy (non-hydrogen) atoms. The number of hydrogen-bond acceptors (Lipinski definition) is 3. The van der Waals surface area contributed by atoms with E-state index < -0.39 is 11.7 Å². The summed E-state index contributed by atoms with van der Waals surface area (Å²) in [5, 5.41) is 0. The lowest BCUT2D eigenvalue weighted by Gasteiger charge is -2.19. The van der Waals surface area contributed by atoms with Gasteiger partial charge in [0.15, 0.2) is 0 Å². The molecule has 0 radical (unpaired) electrons. The van der Waals surface area contributed by atoms with E-state index in [0.29, 0.717) is 23.0 Å². The van der Waals surface area contributed by atoms with Gasteiger partial charge in [-0.15, -0.1) is 11.3 Å². The monoisotopic (exact) mass is 321 g/mol. The lowest BCUT2D eigenvalue weighted by molar-refractivity contribution is -0.126. The Morgan fingerprint density at radius 1 is 1.14 bits per heavy atom. The van der Waals surface area contributed by atoms with Gasteiger partial charge < -0.3 is 4.90 Å². The smallest absolute Gasteiger partial charge is 0.295 e. The minimum Gasteiger partial charge on any atom is -0.331 e. The topological polar surface area (TPSA) is 37.4 Å². The van der Waals surface area contributed by atoms with Crippen LogP contribution in [0, 0.1) is 6.92 Å². The lowest BCUT2D eigenvalue weighted by Crippen LogP contribution is -2.35. The van der Waals surface area contributed by atoms with Gasteiger partial charge in [0.2, 0.25) is 5.78 Å². The standard InChI is InChI=1S/C16H16ClNO2S/c1-3-18(10-13-8-9-14(17)21-13)16(20)15(19)12-6-4-11(2)5-7-12/h4-9H,3,10H2,1-2H3. The number of carbonyl (C=O) groups excluding carboxylic acids is 2. The van der Waals surface area contributed by atoms with Gasteiger partial charge in [0.25, 0.3) is 5.91 Å². The van der Waals surface area contributed by atoms with Crippen molar-refractivity contribution >= 4 is 34.6 Å². The summed E-state index contributed by atoms with van der Waals surface area (Å²) < 4.78 is 0.679. The van der Waals surface area contributed by atoms with E-state index in [1.54, 1.807) is 18.2 Å². The maximum Gasteiger partial charge on any atom is 0.295 e. The van der Waals surface area contributed by atoms with Crippen LogP contribution >= 0.6 is 22.9 Å². The molecule has 0 aliphatic carbocycles. The zero-order valence-electron chi connectivity index (χ0n) is 11.9. The zero-order valence-corrected chi connectivity index (χ0v) is 13.5. The molecule has 5 heteroatoms. The Bertz CT molecular complexity index is 649. The molecule has 0 aliphatic heterocycles. The van der Waals surface area contributed by atoms with Crippen molar-refractivity contribution in [3.05, 3.63) is 56.7 Å². The van der Waals surface area contributed by atoms with E-state index in [1.165, 1.54) is 16.2 Å². The summed E-state index contributed by atoms with van der Waals surface area (Å²) in [4.78, 5) is 27.1. The summed E-state index contributed by atoms with van der Waals surface area (Å²) in [6.45, 7) is 4.68. The van der Waals surface area contributed by atoms with Crippen molar-refractivity contribution in [2.75, 3.05) is 6.54 Å². The van der Waals surface area contributed by atoms with E-state index >= 15 is 0 Å². The fourth-order valence-electron chi connectivity index (χ4n) is 1.92. The van der Waals surface area contributed by atoms with Crippen LogP contribution in [0.4, 0.5) is 0 Å². The van der Waals surface area contributed by atoms with Gasteiger partial charge >= 0.3 is 0 Å². The van der Waals surface area contributed by atoms with Gasteiger partial charge in [-0.25, -0.2) is 0 Å². The molecule has 0 unspecified atom stereocenters. The van der Waals surface area contributed by atoms with E-state index in [4.69, 9.17) is 11.6 Å². The fourth-order valence-corrected chi connectivity index (χ4v) is 3.03. The van der Waals surface area contributed by atoms with E-state index in [2.05, 4.69) is 0 Å². The molecule has 1 heterocycles. The molecule has 1 amide bonds. The van der Waals surface area contributed by atoms with Gasteiger partial charge in [-0.1, -0.05) is 41.4 Å². The van der Waals surface area contributed by atoms with Crippen molar-refractivity contribution < 1.29 is 9.59 Å². The average molecular weight is 322 g/mol. The van der Waals surface area contributed by atoms with E-state index in [9.17, 15) is 9.59 Å². The largest absolute Gasteiger partial charge is 0.331 e. The number of carbonyl (C=O) groups is 2. The molecule has 0 bridgehead atoms. The van der Waals surface area contributed by atoms with E-state index in [0.717, 1.165) is 10.4 Å². The fraction of sp³-hybridized carbons (Fsp3) is 0.250. The summed E-state index contributed by atoms with van der Waals surface area (Å²) in [5.74, 6) is -0.953. The summed E-state index contributed by atoms with van der Waals surface area (Å²) in [7, 11) is 0. The Kier molecular flexibility index (Phi) is 5.15. The molecule has 2 rings (SSSR count). The lowest BCUT2D eigenvalue weighted by atomic mass is 10.1. The summed E-state index contributed by atoms with van der Waals surface area (Å²) >= 11 is 7.31. The van der Waals surface area contributed by atoms with Gasteiger partial charge in [0.1, 0.15) is 0 Å². The molecule has 0 N–H and O–H groups in total. The molecule has 0 saturated heterocycles. The van der Waals surface area contributed by atoms with Crippen LogP contribution in [-0.2, 0) is 11.3 Å². The highest BCUT2D eigenvalue weighted by Gasteiger charge is 2.22. The molecule has 0 spiro atoms. The Labute approximate surface area is 133 Å². The molecule has 0 fully saturated rings. The molecule has 2 aromatic rings. The number of likely N-dealkylation sites (N-methyl/N-ethyl adjacent to an activating group) is 1. The molecular formula is C16H16ClNO2S. The van der Waals surface area contributed by atoms with Crippen molar-refractivity contribution in [3.63, 3.8) is 0 Å². The van der Waals surface area contributed by atoms with Crippen molar-refractivity contribution in [2.24, 2.45) is 0 Å².